The van der Waals surface area contributed by atoms with Crippen LogP contribution in [0.3, 0.4) is 0 Å². The van der Waals surface area contributed by atoms with Crippen LogP contribution in [0, 0.1) is 0 Å². The number of fused-ring (bicyclic) bond motifs is 9. The van der Waals surface area contributed by atoms with Crippen LogP contribution in [-0.2, 0) is 0 Å². The fourth-order valence-corrected chi connectivity index (χ4v) is 9.58. The van der Waals surface area contributed by atoms with Crippen LogP contribution in [0.5, 0.6) is 0 Å². The third-order valence-electron chi connectivity index (χ3n) is 12.5. The summed E-state index contributed by atoms with van der Waals surface area (Å²) in [4.78, 5) is 15.1. The van der Waals surface area contributed by atoms with Crippen LogP contribution in [0.4, 0.5) is 0 Å². The zero-order valence-electron chi connectivity index (χ0n) is 33.4. The van der Waals surface area contributed by atoms with E-state index in [-0.39, 0.29) is 0 Å². The van der Waals surface area contributed by atoms with Crippen LogP contribution in [-0.4, -0.2) is 24.1 Å². The van der Waals surface area contributed by atoms with Gasteiger partial charge in [0.1, 0.15) is 0 Å². The fraction of sp³-hybridized carbons (Fsp3) is 0. The number of hydrogen-bond donors (Lipinski definition) is 0. The van der Waals surface area contributed by atoms with Gasteiger partial charge in [0.25, 0.3) is 0 Å². The lowest BCUT2D eigenvalue weighted by molar-refractivity contribution is 1.08. The molecule has 0 bridgehead atoms. The standard InChI is InChI=1S/C57H35N5/c1-3-14-36(15-4-1)55-58-56(37-16-5-2-6-17-37)60-57(59-55)47-24-13-22-42-30-43(26-28-45(42)47)61-52-29-27-44(35-50(52)49-32-39-19-8-10-21-41(39)34-54(49)61)62-51-25-12-11-23-46(51)48-31-38-18-7-9-20-40(38)33-53(48)62/h1-35H. The summed E-state index contributed by atoms with van der Waals surface area (Å²) < 4.78 is 4.86. The highest BCUT2D eigenvalue weighted by atomic mass is 15.0. The molecule has 0 saturated heterocycles. The lowest BCUT2D eigenvalue weighted by Crippen LogP contribution is -2.00. The molecule has 0 radical (unpaired) electrons. The molecule has 5 heteroatoms. The van der Waals surface area contributed by atoms with E-state index in [1.54, 1.807) is 0 Å². The maximum atomic E-state index is 5.09. The minimum Gasteiger partial charge on any atom is -0.309 e. The summed E-state index contributed by atoms with van der Waals surface area (Å²) in [6.07, 6.45) is 0. The third kappa shape index (κ3) is 5.38. The first-order valence-corrected chi connectivity index (χ1v) is 21.0. The van der Waals surface area contributed by atoms with Gasteiger partial charge >= 0.3 is 0 Å². The van der Waals surface area contributed by atoms with Crippen molar-refractivity contribution in [3.63, 3.8) is 0 Å². The molecule has 0 aliphatic heterocycles. The van der Waals surface area contributed by atoms with E-state index in [2.05, 4.69) is 161 Å². The van der Waals surface area contributed by atoms with E-state index in [1.165, 1.54) is 54.1 Å². The Labute approximate surface area is 356 Å². The molecule has 13 aromatic rings. The van der Waals surface area contributed by atoms with Crippen molar-refractivity contribution in [2.24, 2.45) is 0 Å². The predicted octanol–water partition coefficient (Wildman–Crippen LogP) is 14.5. The van der Waals surface area contributed by atoms with Crippen molar-refractivity contribution in [1.82, 2.24) is 24.1 Å². The number of nitrogens with zero attached hydrogens (tertiary/aromatic N) is 5. The summed E-state index contributed by atoms with van der Waals surface area (Å²) in [5, 5.41) is 12.0. The number of para-hydroxylation sites is 1. The van der Waals surface area contributed by atoms with Gasteiger partial charge in [0, 0.05) is 49.6 Å². The average Bonchev–Trinajstić information content (AvgIpc) is 3.83. The van der Waals surface area contributed by atoms with Crippen molar-refractivity contribution in [2.45, 2.75) is 0 Å². The summed E-state index contributed by atoms with van der Waals surface area (Å²) >= 11 is 0. The molecular weight excluding hydrogens is 755 g/mol. The van der Waals surface area contributed by atoms with Gasteiger partial charge in [-0.1, -0.05) is 152 Å². The van der Waals surface area contributed by atoms with Crippen LogP contribution in [0.15, 0.2) is 212 Å². The van der Waals surface area contributed by atoms with Gasteiger partial charge in [-0.15, -0.1) is 0 Å². The highest BCUT2D eigenvalue weighted by Gasteiger charge is 2.19. The first kappa shape index (κ1) is 34.5. The van der Waals surface area contributed by atoms with Crippen LogP contribution in [0.25, 0.3) is 121 Å². The van der Waals surface area contributed by atoms with Crippen molar-refractivity contribution in [3.8, 4) is 45.5 Å². The second-order valence-electron chi connectivity index (χ2n) is 16.1. The Kier molecular flexibility index (Phi) is 7.54. The highest BCUT2D eigenvalue weighted by molar-refractivity contribution is 6.16. The van der Waals surface area contributed by atoms with Crippen LogP contribution in [0.1, 0.15) is 0 Å². The van der Waals surface area contributed by atoms with Crippen molar-refractivity contribution in [2.75, 3.05) is 0 Å². The fourth-order valence-electron chi connectivity index (χ4n) is 9.58. The van der Waals surface area contributed by atoms with E-state index in [4.69, 9.17) is 15.0 Å². The molecule has 3 aromatic heterocycles. The molecule has 5 nitrogen and oxygen atoms in total. The number of rotatable bonds is 5. The minimum atomic E-state index is 0.643. The van der Waals surface area contributed by atoms with Crippen molar-refractivity contribution >= 4 is 75.9 Å². The van der Waals surface area contributed by atoms with Gasteiger partial charge in [0.15, 0.2) is 17.5 Å². The topological polar surface area (TPSA) is 48.5 Å². The van der Waals surface area contributed by atoms with E-state index in [9.17, 15) is 0 Å². The molecule has 0 unspecified atom stereocenters. The maximum absolute atomic E-state index is 5.09. The molecule has 3 heterocycles. The van der Waals surface area contributed by atoms with Crippen LogP contribution >= 0.6 is 0 Å². The molecule has 0 saturated carbocycles. The Morgan fingerprint density at radius 2 is 0.726 bits per heavy atom. The van der Waals surface area contributed by atoms with Crippen molar-refractivity contribution in [3.05, 3.63) is 212 Å². The lowest BCUT2D eigenvalue weighted by atomic mass is 10.0. The summed E-state index contributed by atoms with van der Waals surface area (Å²) in [5.74, 6) is 1.94. The Balaban J connectivity index is 1.02. The van der Waals surface area contributed by atoms with Gasteiger partial charge < -0.3 is 9.13 Å². The van der Waals surface area contributed by atoms with Gasteiger partial charge in [0.05, 0.1) is 22.1 Å². The van der Waals surface area contributed by atoms with E-state index in [0.29, 0.717) is 17.5 Å². The van der Waals surface area contributed by atoms with Gasteiger partial charge in [-0.05, 0) is 93.0 Å². The number of aromatic nitrogens is 5. The third-order valence-corrected chi connectivity index (χ3v) is 12.5. The summed E-state index contributed by atoms with van der Waals surface area (Å²) in [6, 6.07) is 75.9. The largest absolute Gasteiger partial charge is 0.309 e. The first-order valence-electron chi connectivity index (χ1n) is 21.0. The molecule has 288 valence electrons. The molecular formula is C57H35N5. The van der Waals surface area contributed by atoms with Gasteiger partial charge in [-0.3, -0.25) is 0 Å². The SMILES string of the molecule is c1ccc(-c2nc(-c3ccccc3)nc(-c3cccc4cc(-n5c6ccc(-n7c8ccccc8c8cc9ccccc9cc87)cc6c6cc7ccccc7cc65)ccc34)n2)cc1. The first-order chi connectivity index (χ1) is 30.7. The highest BCUT2D eigenvalue weighted by Crippen LogP contribution is 2.40. The zero-order valence-corrected chi connectivity index (χ0v) is 33.4. The van der Waals surface area contributed by atoms with E-state index in [0.717, 1.165) is 49.9 Å². The Bertz CT molecular complexity index is 3860. The average molecular weight is 790 g/mol. The minimum absolute atomic E-state index is 0.643. The van der Waals surface area contributed by atoms with Crippen molar-refractivity contribution < 1.29 is 0 Å². The second-order valence-corrected chi connectivity index (χ2v) is 16.1. The normalized spacial score (nSPS) is 11.9. The lowest BCUT2D eigenvalue weighted by Gasteiger charge is -2.13. The smallest absolute Gasteiger partial charge is 0.164 e. The summed E-state index contributed by atoms with van der Waals surface area (Å²) in [5.41, 5.74) is 9.80. The van der Waals surface area contributed by atoms with Gasteiger partial charge in [-0.2, -0.15) is 0 Å². The molecule has 0 spiro atoms. The molecule has 0 N–H and O–H groups in total. The Morgan fingerprint density at radius 3 is 1.37 bits per heavy atom. The van der Waals surface area contributed by atoms with Crippen LogP contribution in [0.2, 0.25) is 0 Å². The monoisotopic (exact) mass is 789 g/mol. The van der Waals surface area contributed by atoms with Gasteiger partial charge in [0.2, 0.25) is 0 Å². The van der Waals surface area contributed by atoms with E-state index < -0.39 is 0 Å². The van der Waals surface area contributed by atoms with Gasteiger partial charge in [-0.25, -0.2) is 15.0 Å². The molecule has 10 aromatic carbocycles. The van der Waals surface area contributed by atoms with E-state index >= 15 is 0 Å². The molecule has 13 rings (SSSR count). The molecule has 0 aliphatic rings. The summed E-state index contributed by atoms with van der Waals surface area (Å²) in [6.45, 7) is 0. The van der Waals surface area contributed by atoms with E-state index in [1.807, 2.05) is 60.7 Å². The molecule has 0 fully saturated rings. The number of benzene rings is 10. The second kappa shape index (κ2) is 13.6. The Hall–Kier alpha value is -8.41. The predicted molar refractivity (Wildman–Crippen MR) is 257 cm³/mol. The maximum Gasteiger partial charge on any atom is 0.164 e. The van der Waals surface area contributed by atoms with Crippen LogP contribution < -0.4 is 0 Å². The van der Waals surface area contributed by atoms with Crippen molar-refractivity contribution in [1.29, 1.82) is 0 Å². The Morgan fingerprint density at radius 1 is 0.258 bits per heavy atom. The number of hydrogen-bond acceptors (Lipinski definition) is 3. The zero-order chi connectivity index (χ0) is 40.7. The summed E-state index contributed by atoms with van der Waals surface area (Å²) in [7, 11) is 0. The molecule has 62 heavy (non-hydrogen) atoms. The molecule has 0 atom stereocenters. The molecule has 0 amide bonds. The molecule has 0 aliphatic carbocycles. The quantitative estimate of drug-likeness (QED) is 0.174.